The first-order valence-electron chi connectivity index (χ1n) is 6.02. The second-order valence-electron chi connectivity index (χ2n) is 4.93. The summed E-state index contributed by atoms with van der Waals surface area (Å²) >= 11 is 0. The molecule has 0 aromatic rings. The van der Waals surface area contributed by atoms with Crippen LogP contribution in [0.25, 0.3) is 0 Å². The molecule has 0 saturated carbocycles. The summed E-state index contributed by atoms with van der Waals surface area (Å²) in [5.74, 6) is 0.851. The molecule has 0 spiro atoms. The van der Waals surface area contributed by atoms with Crippen LogP contribution in [0.2, 0.25) is 0 Å². The smallest absolute Gasteiger partial charge is 0.191 e. The number of ether oxygens (including phenoxy) is 1. The van der Waals surface area contributed by atoms with Crippen LogP contribution in [0.4, 0.5) is 0 Å². The largest absolute Gasteiger partial charge is 0.380 e. The summed E-state index contributed by atoms with van der Waals surface area (Å²) in [5.41, 5.74) is 0.358. The highest BCUT2D eigenvalue weighted by atomic mass is 127. The van der Waals surface area contributed by atoms with Crippen LogP contribution in [0.15, 0.2) is 4.99 Å². The summed E-state index contributed by atoms with van der Waals surface area (Å²) in [6.07, 6.45) is 1.12. The van der Waals surface area contributed by atoms with Crippen molar-refractivity contribution in [2.24, 2.45) is 10.4 Å². The molecule has 0 heterocycles. The molecule has 4 nitrogen and oxygen atoms in total. The van der Waals surface area contributed by atoms with Gasteiger partial charge in [-0.2, -0.15) is 0 Å². The normalized spacial score (nSPS) is 11.9. The molecule has 0 bridgehead atoms. The van der Waals surface area contributed by atoms with Crippen LogP contribution < -0.4 is 10.6 Å². The van der Waals surface area contributed by atoms with Gasteiger partial charge in [-0.25, -0.2) is 0 Å². The summed E-state index contributed by atoms with van der Waals surface area (Å²) in [6, 6.07) is 0. The van der Waals surface area contributed by atoms with Gasteiger partial charge in [0, 0.05) is 26.7 Å². The van der Waals surface area contributed by atoms with E-state index in [1.165, 1.54) is 0 Å². The lowest BCUT2D eigenvalue weighted by Crippen LogP contribution is -2.40. The highest BCUT2D eigenvalue weighted by Crippen LogP contribution is 2.16. The van der Waals surface area contributed by atoms with Crippen molar-refractivity contribution in [3.8, 4) is 0 Å². The lowest BCUT2D eigenvalue weighted by molar-refractivity contribution is 0.152. The van der Waals surface area contributed by atoms with Crippen molar-refractivity contribution >= 4 is 29.9 Å². The van der Waals surface area contributed by atoms with Gasteiger partial charge in [0.2, 0.25) is 0 Å². The molecule has 5 heteroatoms. The maximum absolute atomic E-state index is 5.24. The molecule has 0 aliphatic heterocycles. The fraction of sp³-hybridized carbons (Fsp3) is 0.917. The van der Waals surface area contributed by atoms with Gasteiger partial charge in [-0.05, 0) is 18.8 Å². The standard InChI is InChI=1S/C12H27N3O.HI/c1-6-16-10-9-15-11(13-5)14-8-7-12(2,3)4;/h6-10H2,1-5H3,(H2,13,14,15);1H. The van der Waals surface area contributed by atoms with E-state index in [0.717, 1.165) is 38.7 Å². The molecule has 2 N–H and O–H groups in total. The highest BCUT2D eigenvalue weighted by molar-refractivity contribution is 14.0. The van der Waals surface area contributed by atoms with Gasteiger partial charge in [0.05, 0.1) is 6.61 Å². The lowest BCUT2D eigenvalue weighted by atomic mass is 9.92. The van der Waals surface area contributed by atoms with Crippen molar-refractivity contribution in [3.63, 3.8) is 0 Å². The summed E-state index contributed by atoms with van der Waals surface area (Å²) in [6.45, 7) is 11.9. The third-order valence-electron chi connectivity index (χ3n) is 2.13. The summed E-state index contributed by atoms with van der Waals surface area (Å²) in [4.78, 5) is 4.14. The average molecular weight is 357 g/mol. The monoisotopic (exact) mass is 357 g/mol. The van der Waals surface area contributed by atoms with E-state index in [9.17, 15) is 0 Å². The third kappa shape index (κ3) is 13.9. The zero-order chi connectivity index (χ0) is 12.4. The fourth-order valence-electron chi connectivity index (χ4n) is 1.16. The van der Waals surface area contributed by atoms with Crippen LogP contribution in [0, 0.1) is 5.41 Å². The number of nitrogens with one attached hydrogen (secondary N) is 2. The van der Waals surface area contributed by atoms with Crippen molar-refractivity contribution in [2.45, 2.75) is 34.1 Å². The van der Waals surface area contributed by atoms with E-state index >= 15 is 0 Å². The highest BCUT2D eigenvalue weighted by Gasteiger charge is 2.09. The van der Waals surface area contributed by atoms with E-state index in [1.807, 2.05) is 6.92 Å². The first-order chi connectivity index (χ1) is 7.49. The van der Waals surface area contributed by atoms with Gasteiger partial charge in [0.25, 0.3) is 0 Å². The Balaban J connectivity index is 0. The van der Waals surface area contributed by atoms with Crippen LogP contribution in [0.3, 0.4) is 0 Å². The van der Waals surface area contributed by atoms with Gasteiger partial charge >= 0.3 is 0 Å². The SMILES string of the molecule is CCOCCNC(=NC)NCCC(C)(C)C.I. The molecule has 0 atom stereocenters. The van der Waals surface area contributed by atoms with Crippen molar-refractivity contribution in [2.75, 3.05) is 33.4 Å². The first-order valence-corrected chi connectivity index (χ1v) is 6.02. The van der Waals surface area contributed by atoms with E-state index in [1.54, 1.807) is 7.05 Å². The molecule has 0 aromatic carbocycles. The molecule has 0 saturated heterocycles. The minimum Gasteiger partial charge on any atom is -0.380 e. The zero-order valence-corrected chi connectivity index (χ0v) is 14.1. The molecule has 0 aliphatic carbocycles. The van der Waals surface area contributed by atoms with E-state index in [0.29, 0.717) is 5.41 Å². The number of aliphatic imine (C=N–C) groups is 1. The molecule has 0 fully saturated rings. The Morgan fingerprint density at radius 1 is 1.18 bits per heavy atom. The Kier molecular flexibility index (Phi) is 12.6. The Labute approximate surface area is 123 Å². The minimum atomic E-state index is 0. The van der Waals surface area contributed by atoms with Crippen molar-refractivity contribution in [3.05, 3.63) is 0 Å². The quantitative estimate of drug-likeness (QED) is 0.332. The summed E-state index contributed by atoms with van der Waals surface area (Å²) in [7, 11) is 1.78. The van der Waals surface area contributed by atoms with Gasteiger partial charge in [0.15, 0.2) is 5.96 Å². The molecule has 0 radical (unpaired) electrons. The molecule has 0 unspecified atom stereocenters. The summed E-state index contributed by atoms with van der Waals surface area (Å²) < 4.78 is 5.24. The Morgan fingerprint density at radius 3 is 2.24 bits per heavy atom. The number of rotatable bonds is 6. The predicted octanol–water partition coefficient (Wildman–Crippen LogP) is 2.24. The average Bonchev–Trinajstić information content (AvgIpc) is 2.20. The van der Waals surface area contributed by atoms with Crippen LogP contribution in [0.1, 0.15) is 34.1 Å². The Bertz CT molecular complexity index is 202. The maximum Gasteiger partial charge on any atom is 0.191 e. The predicted molar refractivity (Wildman–Crippen MR) is 85.3 cm³/mol. The van der Waals surface area contributed by atoms with Crippen LogP contribution in [-0.2, 0) is 4.74 Å². The third-order valence-corrected chi connectivity index (χ3v) is 2.13. The maximum atomic E-state index is 5.24. The molecule has 0 aromatic heterocycles. The number of hydrogen-bond donors (Lipinski definition) is 2. The van der Waals surface area contributed by atoms with E-state index in [2.05, 4.69) is 36.4 Å². The number of halogens is 1. The van der Waals surface area contributed by atoms with Crippen molar-refractivity contribution in [1.82, 2.24) is 10.6 Å². The molecule has 0 aliphatic rings. The Hall–Kier alpha value is -0.0400. The Morgan fingerprint density at radius 2 is 1.76 bits per heavy atom. The topological polar surface area (TPSA) is 45.6 Å². The zero-order valence-electron chi connectivity index (χ0n) is 11.8. The number of guanidine groups is 1. The van der Waals surface area contributed by atoms with E-state index in [-0.39, 0.29) is 24.0 Å². The van der Waals surface area contributed by atoms with Gasteiger partial charge in [0.1, 0.15) is 0 Å². The molecular formula is C12H28IN3O. The van der Waals surface area contributed by atoms with Gasteiger partial charge in [-0.3, -0.25) is 4.99 Å². The minimum absolute atomic E-state index is 0. The number of hydrogen-bond acceptors (Lipinski definition) is 2. The van der Waals surface area contributed by atoms with Crippen molar-refractivity contribution in [1.29, 1.82) is 0 Å². The van der Waals surface area contributed by atoms with Crippen molar-refractivity contribution < 1.29 is 4.74 Å². The van der Waals surface area contributed by atoms with Gasteiger partial charge < -0.3 is 15.4 Å². The van der Waals surface area contributed by atoms with Gasteiger partial charge in [-0.15, -0.1) is 24.0 Å². The van der Waals surface area contributed by atoms with Crippen LogP contribution in [0.5, 0.6) is 0 Å². The van der Waals surface area contributed by atoms with Gasteiger partial charge in [-0.1, -0.05) is 20.8 Å². The van der Waals surface area contributed by atoms with Crippen LogP contribution in [-0.4, -0.2) is 39.3 Å². The molecule has 0 rings (SSSR count). The van der Waals surface area contributed by atoms with Crippen LogP contribution >= 0.6 is 24.0 Å². The molecular weight excluding hydrogens is 329 g/mol. The second-order valence-corrected chi connectivity index (χ2v) is 4.93. The molecule has 0 amide bonds. The summed E-state index contributed by atoms with van der Waals surface area (Å²) in [5, 5.41) is 6.49. The fourth-order valence-corrected chi connectivity index (χ4v) is 1.16. The molecule has 104 valence electrons. The second kappa shape index (κ2) is 11.1. The van der Waals surface area contributed by atoms with E-state index in [4.69, 9.17) is 4.74 Å². The first kappa shape index (κ1) is 19.3. The molecule has 17 heavy (non-hydrogen) atoms. The van der Waals surface area contributed by atoms with E-state index < -0.39 is 0 Å². The number of nitrogens with zero attached hydrogens (tertiary/aromatic N) is 1. The lowest BCUT2D eigenvalue weighted by Gasteiger charge is -2.19.